The van der Waals surface area contributed by atoms with E-state index < -0.39 is 0 Å². The Hall–Kier alpha value is -0.770. The van der Waals surface area contributed by atoms with Gasteiger partial charge in [-0.3, -0.25) is 0 Å². The molecule has 1 atom stereocenters. The minimum Gasteiger partial charge on any atom is -0.449 e. The Morgan fingerprint density at radius 1 is 1.50 bits per heavy atom. The smallest absolute Gasteiger partial charge is 0.407 e. The fourth-order valence-corrected chi connectivity index (χ4v) is 0.981. The predicted molar refractivity (Wildman–Crippen MR) is 57.1 cm³/mol. The van der Waals surface area contributed by atoms with Gasteiger partial charge in [-0.2, -0.15) is 0 Å². The van der Waals surface area contributed by atoms with Crippen molar-refractivity contribution in [2.75, 3.05) is 13.2 Å². The molecule has 0 saturated carbocycles. The Morgan fingerprint density at radius 2 is 2.14 bits per heavy atom. The zero-order chi connectivity index (χ0) is 11.0. The molecular weight excluding hydrogens is 180 g/mol. The molecule has 0 aliphatic heterocycles. The number of alkyl carbamates (subject to hydrolysis) is 1. The van der Waals surface area contributed by atoms with Crippen LogP contribution in [-0.2, 0) is 4.74 Å². The lowest BCUT2D eigenvalue weighted by Crippen LogP contribution is -2.37. The van der Waals surface area contributed by atoms with Crippen LogP contribution in [0.3, 0.4) is 0 Å². The average molecular weight is 202 g/mol. The molecule has 0 spiro atoms. The molecule has 0 aromatic heterocycles. The van der Waals surface area contributed by atoms with Crippen LogP contribution in [-0.4, -0.2) is 25.3 Å². The van der Waals surface area contributed by atoms with E-state index in [1.54, 1.807) is 0 Å². The van der Waals surface area contributed by atoms with E-state index in [-0.39, 0.29) is 12.1 Å². The molecule has 0 saturated heterocycles. The highest BCUT2D eigenvalue weighted by molar-refractivity contribution is 5.67. The van der Waals surface area contributed by atoms with Crippen LogP contribution in [0.15, 0.2) is 0 Å². The van der Waals surface area contributed by atoms with E-state index in [2.05, 4.69) is 12.2 Å². The van der Waals surface area contributed by atoms with Crippen molar-refractivity contribution >= 4 is 6.09 Å². The highest BCUT2D eigenvalue weighted by Crippen LogP contribution is 1.94. The number of nitrogens with two attached hydrogens (primary N) is 1. The standard InChI is InChI=1S/C10H22N2O2/c1-4-5-9(11)6-12-10(13)14-7-8(2)3/h8-9H,4-7,11H2,1-3H3,(H,12,13). The van der Waals surface area contributed by atoms with Crippen LogP contribution in [0.2, 0.25) is 0 Å². The Labute approximate surface area is 86.2 Å². The van der Waals surface area contributed by atoms with Gasteiger partial charge < -0.3 is 15.8 Å². The first-order chi connectivity index (χ1) is 6.56. The van der Waals surface area contributed by atoms with E-state index in [0.29, 0.717) is 19.1 Å². The topological polar surface area (TPSA) is 64.3 Å². The first-order valence-electron chi connectivity index (χ1n) is 5.22. The van der Waals surface area contributed by atoms with Gasteiger partial charge in [0.25, 0.3) is 0 Å². The van der Waals surface area contributed by atoms with Gasteiger partial charge in [0, 0.05) is 12.6 Å². The van der Waals surface area contributed by atoms with Crippen LogP contribution in [0, 0.1) is 5.92 Å². The molecule has 0 aromatic carbocycles. The molecule has 1 amide bonds. The molecule has 0 aliphatic rings. The summed E-state index contributed by atoms with van der Waals surface area (Å²) in [5.74, 6) is 0.366. The summed E-state index contributed by atoms with van der Waals surface area (Å²) in [5.41, 5.74) is 5.72. The molecule has 84 valence electrons. The number of hydrogen-bond acceptors (Lipinski definition) is 3. The summed E-state index contributed by atoms with van der Waals surface area (Å²) in [7, 11) is 0. The Balaban J connectivity index is 3.43. The number of rotatable bonds is 6. The van der Waals surface area contributed by atoms with Gasteiger partial charge in [-0.05, 0) is 12.3 Å². The van der Waals surface area contributed by atoms with E-state index in [1.165, 1.54) is 0 Å². The van der Waals surface area contributed by atoms with Crippen molar-refractivity contribution in [1.29, 1.82) is 0 Å². The molecule has 0 heterocycles. The number of nitrogens with one attached hydrogen (secondary N) is 1. The van der Waals surface area contributed by atoms with Crippen LogP contribution < -0.4 is 11.1 Å². The molecule has 1 unspecified atom stereocenters. The lowest BCUT2D eigenvalue weighted by atomic mass is 10.2. The second-order valence-electron chi connectivity index (χ2n) is 3.92. The number of ether oxygens (including phenoxy) is 1. The van der Waals surface area contributed by atoms with Crippen molar-refractivity contribution in [2.24, 2.45) is 11.7 Å². The fourth-order valence-electron chi connectivity index (χ4n) is 0.981. The summed E-state index contributed by atoms with van der Waals surface area (Å²) < 4.78 is 4.93. The third kappa shape index (κ3) is 7.86. The number of amides is 1. The van der Waals surface area contributed by atoms with Crippen LogP contribution in [0.5, 0.6) is 0 Å². The highest BCUT2D eigenvalue weighted by atomic mass is 16.5. The highest BCUT2D eigenvalue weighted by Gasteiger charge is 2.06. The van der Waals surface area contributed by atoms with Gasteiger partial charge >= 0.3 is 6.09 Å². The van der Waals surface area contributed by atoms with E-state index in [9.17, 15) is 4.79 Å². The molecule has 14 heavy (non-hydrogen) atoms. The lowest BCUT2D eigenvalue weighted by Gasteiger charge is -2.12. The van der Waals surface area contributed by atoms with Gasteiger partial charge in [0.2, 0.25) is 0 Å². The normalized spacial score (nSPS) is 12.6. The Morgan fingerprint density at radius 3 is 2.64 bits per heavy atom. The van der Waals surface area contributed by atoms with Crippen molar-refractivity contribution < 1.29 is 9.53 Å². The maximum atomic E-state index is 11.1. The molecule has 4 heteroatoms. The summed E-state index contributed by atoms with van der Waals surface area (Å²) in [6, 6.07) is 0.0339. The largest absolute Gasteiger partial charge is 0.449 e. The van der Waals surface area contributed by atoms with Crippen molar-refractivity contribution in [3.63, 3.8) is 0 Å². The van der Waals surface area contributed by atoms with Gasteiger partial charge in [-0.1, -0.05) is 27.2 Å². The van der Waals surface area contributed by atoms with E-state index in [4.69, 9.17) is 10.5 Å². The molecule has 3 N–H and O–H groups in total. The van der Waals surface area contributed by atoms with Crippen molar-refractivity contribution in [2.45, 2.75) is 39.7 Å². The second-order valence-corrected chi connectivity index (χ2v) is 3.92. The van der Waals surface area contributed by atoms with Crippen LogP contribution in [0.1, 0.15) is 33.6 Å². The van der Waals surface area contributed by atoms with Crippen molar-refractivity contribution in [3.8, 4) is 0 Å². The summed E-state index contributed by atoms with van der Waals surface area (Å²) >= 11 is 0. The van der Waals surface area contributed by atoms with Gasteiger partial charge in [-0.15, -0.1) is 0 Å². The van der Waals surface area contributed by atoms with E-state index >= 15 is 0 Å². The summed E-state index contributed by atoms with van der Waals surface area (Å²) in [6.07, 6.45) is 1.58. The molecule has 0 bridgehead atoms. The summed E-state index contributed by atoms with van der Waals surface area (Å²) in [5, 5.41) is 2.64. The number of carbonyl (C=O) groups is 1. The number of hydrogen-bond donors (Lipinski definition) is 2. The molecule has 0 fully saturated rings. The van der Waals surface area contributed by atoms with Crippen molar-refractivity contribution in [1.82, 2.24) is 5.32 Å². The first kappa shape index (κ1) is 13.2. The maximum Gasteiger partial charge on any atom is 0.407 e. The van der Waals surface area contributed by atoms with Gasteiger partial charge in [-0.25, -0.2) is 4.79 Å². The predicted octanol–water partition coefficient (Wildman–Crippen LogP) is 1.50. The number of carbonyl (C=O) groups excluding carboxylic acids is 1. The first-order valence-corrected chi connectivity index (χ1v) is 5.22. The molecule has 0 rings (SSSR count). The van der Waals surface area contributed by atoms with E-state index in [1.807, 2.05) is 13.8 Å². The molecule has 4 nitrogen and oxygen atoms in total. The van der Waals surface area contributed by atoms with Gasteiger partial charge in [0.1, 0.15) is 0 Å². The van der Waals surface area contributed by atoms with E-state index in [0.717, 1.165) is 12.8 Å². The zero-order valence-corrected chi connectivity index (χ0v) is 9.38. The van der Waals surface area contributed by atoms with Crippen LogP contribution in [0.25, 0.3) is 0 Å². The Kier molecular flexibility index (Phi) is 7.20. The third-order valence-electron chi connectivity index (χ3n) is 1.72. The third-order valence-corrected chi connectivity index (χ3v) is 1.72. The minimum atomic E-state index is -0.370. The van der Waals surface area contributed by atoms with Crippen molar-refractivity contribution in [3.05, 3.63) is 0 Å². The lowest BCUT2D eigenvalue weighted by molar-refractivity contribution is 0.132. The monoisotopic (exact) mass is 202 g/mol. The van der Waals surface area contributed by atoms with Crippen LogP contribution >= 0.6 is 0 Å². The summed E-state index contributed by atoms with van der Waals surface area (Å²) in [6.45, 7) is 7.00. The quantitative estimate of drug-likeness (QED) is 0.686. The van der Waals surface area contributed by atoms with Gasteiger partial charge in [0.15, 0.2) is 0 Å². The molecule has 0 aliphatic carbocycles. The molecular formula is C10H22N2O2. The van der Waals surface area contributed by atoms with Gasteiger partial charge in [0.05, 0.1) is 6.61 Å². The maximum absolute atomic E-state index is 11.1. The SMILES string of the molecule is CCCC(N)CNC(=O)OCC(C)C. The average Bonchev–Trinajstić information content (AvgIpc) is 2.12. The molecule has 0 aromatic rings. The minimum absolute atomic E-state index is 0.0339. The Bertz CT molecular complexity index is 160. The summed E-state index contributed by atoms with van der Waals surface area (Å²) in [4.78, 5) is 11.1. The van der Waals surface area contributed by atoms with Crippen LogP contribution in [0.4, 0.5) is 4.79 Å². The second kappa shape index (κ2) is 7.62. The molecule has 0 radical (unpaired) electrons. The fraction of sp³-hybridized carbons (Fsp3) is 0.900. The zero-order valence-electron chi connectivity index (χ0n) is 9.38.